The average Bonchev–Trinajstić information content (AvgIpc) is 1.52. The van der Waals surface area contributed by atoms with Crippen LogP contribution in [0.15, 0.2) is 298 Å². The van der Waals surface area contributed by atoms with Gasteiger partial charge in [-0.25, -0.2) is 8.78 Å². The molecule has 0 aliphatic rings. The Bertz CT molecular complexity index is 4920. The number of hydrogen-bond donors (Lipinski definition) is 0. The molecule has 438 valence electrons. The molecule has 11 heteroatoms. The molecule has 10 aromatic carbocycles. The maximum Gasteiger partial charge on any atom is 0.420 e. The molecule has 0 saturated carbocycles. The van der Waals surface area contributed by atoms with Crippen LogP contribution in [0.2, 0.25) is 0 Å². The first-order valence-electron chi connectivity index (χ1n) is 30.0. The molecule has 0 N–H and O–H groups in total. The fraction of sp³-hybridized carbons (Fsp3) is 0.0123. The normalized spacial score (nSPS) is 11.8. The highest BCUT2D eigenvalue weighted by molar-refractivity contribution is 6.14. The fourth-order valence-corrected chi connectivity index (χ4v) is 13.3. The molecule has 0 atom stereocenters. The highest BCUT2D eigenvalue weighted by atomic mass is 19.4. The molecule has 6 heterocycles. The lowest BCUT2D eigenvalue weighted by Gasteiger charge is -2.23. The van der Waals surface area contributed by atoms with Gasteiger partial charge in [0.2, 0.25) is 0 Å². The summed E-state index contributed by atoms with van der Waals surface area (Å²) in [6.45, 7) is 0. The van der Waals surface area contributed by atoms with Crippen molar-refractivity contribution in [3.8, 4) is 112 Å². The zero-order chi connectivity index (χ0) is 62.0. The van der Waals surface area contributed by atoms with Crippen LogP contribution in [-0.2, 0) is 6.18 Å². The fourth-order valence-electron chi connectivity index (χ4n) is 13.3. The van der Waals surface area contributed by atoms with Gasteiger partial charge >= 0.3 is 6.18 Å². The molecule has 16 rings (SSSR count). The summed E-state index contributed by atoms with van der Waals surface area (Å²) in [7, 11) is 0. The molecular weight excluding hydrogens is 1150 g/mol. The number of hydrogen-bond acceptors (Lipinski definition) is 4. The Morgan fingerprint density at radius 3 is 0.815 bits per heavy atom. The monoisotopic (exact) mass is 1200 g/mol. The van der Waals surface area contributed by atoms with Crippen LogP contribution < -0.4 is 0 Å². The molecular formula is C81H49F5N6. The number of nitrogens with zero attached hydrogens (tertiary/aromatic N) is 6. The predicted molar refractivity (Wildman–Crippen MR) is 360 cm³/mol. The highest BCUT2D eigenvalue weighted by Gasteiger charge is 2.40. The van der Waals surface area contributed by atoms with Crippen molar-refractivity contribution in [3.63, 3.8) is 0 Å². The van der Waals surface area contributed by atoms with Crippen molar-refractivity contribution in [2.24, 2.45) is 0 Å². The third-order valence-electron chi connectivity index (χ3n) is 17.3. The van der Waals surface area contributed by atoms with Crippen LogP contribution >= 0.6 is 0 Å². The Morgan fingerprint density at radius 2 is 0.543 bits per heavy atom. The number of pyridine rings is 4. The van der Waals surface area contributed by atoms with E-state index in [0.717, 1.165) is 102 Å². The number of halogens is 5. The number of aromatic nitrogens is 6. The first-order valence-corrected chi connectivity index (χ1v) is 30.0. The molecule has 0 bridgehead atoms. The van der Waals surface area contributed by atoms with Gasteiger partial charge in [-0.2, -0.15) is 13.2 Å². The summed E-state index contributed by atoms with van der Waals surface area (Å²) in [6, 6.07) is 83.6. The van der Waals surface area contributed by atoms with Gasteiger partial charge in [0.1, 0.15) is 17.2 Å². The zero-order valence-electron chi connectivity index (χ0n) is 48.9. The first-order chi connectivity index (χ1) is 45.1. The molecule has 92 heavy (non-hydrogen) atoms. The van der Waals surface area contributed by atoms with Gasteiger partial charge in [0.05, 0.1) is 61.8 Å². The van der Waals surface area contributed by atoms with E-state index in [4.69, 9.17) is 19.9 Å². The molecule has 0 fully saturated rings. The molecule has 0 unspecified atom stereocenters. The quantitative estimate of drug-likeness (QED) is 0.121. The Balaban J connectivity index is 1.01. The second kappa shape index (κ2) is 22.6. The van der Waals surface area contributed by atoms with Gasteiger partial charge in [-0.3, -0.25) is 19.9 Å². The molecule has 6 aromatic heterocycles. The summed E-state index contributed by atoms with van der Waals surface area (Å²) in [5, 5.41) is 2.49. The van der Waals surface area contributed by atoms with Crippen LogP contribution in [0.1, 0.15) is 5.56 Å². The largest absolute Gasteiger partial charge is 0.420 e. The van der Waals surface area contributed by atoms with E-state index in [-0.39, 0.29) is 16.9 Å². The van der Waals surface area contributed by atoms with Crippen molar-refractivity contribution in [1.82, 2.24) is 29.1 Å². The third kappa shape index (κ3) is 9.57. The maximum absolute atomic E-state index is 17.5. The Morgan fingerprint density at radius 1 is 0.261 bits per heavy atom. The Labute approximate surface area is 525 Å². The standard InChI is InChI=1S/C81H49F5N6/c82-67-30-13-31-68(83)75(67)58-48-73(91-69-36-32-54(59-26-14-40-87-77(59)50-18-5-1-6-19-50)44-63(69)64-45-55(33-37-70(64)91)60-27-15-41-88-78(60)51-20-7-2-8-21-51)76(81(84,85)86)74(49-58)92-71-38-34-56(61-28-16-42-89-79(61)52-22-9-3-10-23-52)46-65(71)66-47-57(35-39-72(66)92)62-29-17-43-90-80(62)53-24-11-4-12-25-53/h1-49H. The van der Waals surface area contributed by atoms with Crippen molar-refractivity contribution in [1.29, 1.82) is 0 Å². The summed E-state index contributed by atoms with van der Waals surface area (Å²) in [5.74, 6) is -1.88. The topological polar surface area (TPSA) is 61.4 Å². The molecule has 0 radical (unpaired) electrons. The summed E-state index contributed by atoms with van der Waals surface area (Å²) >= 11 is 0. The van der Waals surface area contributed by atoms with Gasteiger partial charge in [-0.05, 0) is 125 Å². The minimum absolute atomic E-state index is 0.110. The number of fused-ring (bicyclic) bond motifs is 6. The second-order valence-corrected chi connectivity index (χ2v) is 22.6. The van der Waals surface area contributed by atoms with E-state index >= 15 is 22.0 Å². The molecule has 0 aliphatic carbocycles. The third-order valence-corrected chi connectivity index (χ3v) is 17.3. The lowest BCUT2D eigenvalue weighted by Crippen LogP contribution is -2.16. The van der Waals surface area contributed by atoms with Gasteiger partial charge < -0.3 is 9.13 Å². The van der Waals surface area contributed by atoms with Gasteiger partial charge in [0.15, 0.2) is 0 Å². The summed E-state index contributed by atoms with van der Waals surface area (Å²) < 4.78 is 89.4. The lowest BCUT2D eigenvalue weighted by molar-refractivity contribution is -0.137. The minimum Gasteiger partial charge on any atom is -0.309 e. The van der Waals surface area contributed by atoms with Crippen molar-refractivity contribution < 1.29 is 22.0 Å². The van der Waals surface area contributed by atoms with E-state index in [9.17, 15) is 0 Å². The lowest BCUT2D eigenvalue weighted by atomic mass is 9.96. The SMILES string of the molecule is Fc1cccc(F)c1-c1cc(-n2c3ccc(-c4cccnc4-c4ccccc4)cc3c3cc(-c4cccnc4-c4ccccc4)ccc32)c(C(F)(F)F)c(-n2c3ccc(-c4cccnc4-c4ccccc4)cc3c3cc(-c4cccnc4-c4ccccc4)ccc32)c1. The smallest absolute Gasteiger partial charge is 0.309 e. The van der Waals surface area contributed by atoms with Crippen molar-refractivity contribution in [2.75, 3.05) is 0 Å². The van der Waals surface area contributed by atoms with Crippen molar-refractivity contribution in [2.45, 2.75) is 6.18 Å². The number of benzene rings is 10. The molecule has 6 nitrogen and oxygen atoms in total. The van der Waals surface area contributed by atoms with Crippen LogP contribution in [0.5, 0.6) is 0 Å². The zero-order valence-corrected chi connectivity index (χ0v) is 48.9. The number of alkyl halides is 3. The summed E-state index contributed by atoms with van der Waals surface area (Å²) in [5.41, 5.74) is 12.1. The van der Waals surface area contributed by atoms with Gasteiger partial charge in [0, 0.05) is 90.8 Å². The van der Waals surface area contributed by atoms with Crippen LogP contribution in [-0.4, -0.2) is 29.1 Å². The highest BCUT2D eigenvalue weighted by Crippen LogP contribution is 2.49. The predicted octanol–water partition coefficient (Wildman–Crippen LogP) is 21.8. The summed E-state index contributed by atoms with van der Waals surface area (Å²) in [6.07, 6.45) is 1.85. The van der Waals surface area contributed by atoms with E-state index in [0.29, 0.717) is 43.6 Å². The van der Waals surface area contributed by atoms with Crippen molar-refractivity contribution >= 4 is 43.6 Å². The van der Waals surface area contributed by atoms with Gasteiger partial charge in [-0.1, -0.05) is 176 Å². The van der Waals surface area contributed by atoms with Crippen LogP contribution in [0.4, 0.5) is 22.0 Å². The van der Waals surface area contributed by atoms with Crippen LogP contribution in [0.3, 0.4) is 0 Å². The molecule has 0 amide bonds. The van der Waals surface area contributed by atoms with Gasteiger partial charge in [-0.15, -0.1) is 0 Å². The molecule has 16 aromatic rings. The van der Waals surface area contributed by atoms with E-state index in [2.05, 4.69) is 0 Å². The maximum atomic E-state index is 17.5. The first kappa shape index (κ1) is 55.4. The van der Waals surface area contributed by atoms with Gasteiger partial charge in [0.25, 0.3) is 0 Å². The average molecular weight is 1200 g/mol. The Hall–Kier alpha value is -12.0. The van der Waals surface area contributed by atoms with Crippen LogP contribution in [0.25, 0.3) is 156 Å². The van der Waals surface area contributed by atoms with E-state index in [1.165, 1.54) is 18.2 Å². The summed E-state index contributed by atoms with van der Waals surface area (Å²) in [4.78, 5) is 19.4. The van der Waals surface area contributed by atoms with E-state index in [1.54, 1.807) is 33.9 Å². The Kier molecular flexibility index (Phi) is 13.6. The van der Waals surface area contributed by atoms with E-state index < -0.39 is 28.9 Å². The van der Waals surface area contributed by atoms with Crippen LogP contribution in [0, 0.1) is 11.6 Å². The van der Waals surface area contributed by atoms with Crippen molar-refractivity contribution in [3.05, 3.63) is 315 Å². The molecule has 0 spiro atoms. The second-order valence-electron chi connectivity index (χ2n) is 22.6. The van der Waals surface area contributed by atoms with E-state index in [1.807, 2.05) is 243 Å². The molecule has 0 saturated heterocycles. The molecule has 0 aliphatic heterocycles. The number of rotatable bonds is 11. The minimum atomic E-state index is -5.11.